The molecule has 1 aromatic heterocycles. The van der Waals surface area contributed by atoms with E-state index in [-0.39, 0.29) is 18.2 Å². The van der Waals surface area contributed by atoms with Crippen LogP contribution in [0.2, 0.25) is 5.02 Å². The van der Waals surface area contributed by atoms with Crippen LogP contribution in [0.15, 0.2) is 24.3 Å². The second kappa shape index (κ2) is 8.16. The number of aromatic nitrogens is 2. The summed E-state index contributed by atoms with van der Waals surface area (Å²) in [6, 6.07) is 7.03. The topological polar surface area (TPSA) is 70.6 Å². The zero-order chi connectivity index (χ0) is 20.5. The number of aryl methyl sites for hydroxylation is 1. The predicted octanol–water partition coefficient (Wildman–Crippen LogP) is 3.64. The van der Waals surface area contributed by atoms with E-state index in [2.05, 4.69) is 29.0 Å². The Bertz CT molecular complexity index is 912. The van der Waals surface area contributed by atoms with Crippen LogP contribution >= 0.6 is 11.6 Å². The lowest BCUT2D eigenvalue weighted by atomic mass is 10.0. The number of ether oxygens (including phenoxy) is 1. The van der Waals surface area contributed by atoms with Crippen molar-refractivity contribution in [3.8, 4) is 0 Å². The standard InChI is InChI=1S/C21H26ClN5O2/c1-13-10-27(11-14(2)29-13)20-18-12-26(8-7-19(18)23-15(3)24-20)21(28)25-17-6-4-5-16(22)9-17/h4-6,9,13-14H,7-8,10-12H2,1-3H3,(H,25,28)/t13-,14-/m1/s1. The molecule has 1 fully saturated rings. The minimum atomic E-state index is -0.145. The minimum Gasteiger partial charge on any atom is -0.372 e. The molecule has 0 unspecified atom stereocenters. The van der Waals surface area contributed by atoms with Gasteiger partial charge in [-0.2, -0.15) is 0 Å². The Balaban J connectivity index is 1.57. The molecule has 1 N–H and O–H groups in total. The molecule has 3 heterocycles. The van der Waals surface area contributed by atoms with E-state index in [4.69, 9.17) is 21.3 Å². The highest BCUT2D eigenvalue weighted by Crippen LogP contribution is 2.29. The molecule has 2 aliphatic heterocycles. The van der Waals surface area contributed by atoms with Gasteiger partial charge >= 0.3 is 6.03 Å². The Morgan fingerprint density at radius 2 is 2.00 bits per heavy atom. The fourth-order valence-electron chi connectivity index (χ4n) is 4.07. The number of hydrogen-bond donors (Lipinski definition) is 1. The number of rotatable bonds is 2. The van der Waals surface area contributed by atoms with Gasteiger partial charge in [-0.3, -0.25) is 0 Å². The van der Waals surface area contributed by atoms with Crippen molar-refractivity contribution in [3.63, 3.8) is 0 Å². The first-order valence-electron chi connectivity index (χ1n) is 9.97. The molecule has 2 aromatic rings. The second-order valence-electron chi connectivity index (χ2n) is 7.79. The average molecular weight is 416 g/mol. The fraction of sp³-hybridized carbons (Fsp3) is 0.476. The number of halogens is 1. The average Bonchev–Trinajstić information content (AvgIpc) is 2.66. The van der Waals surface area contributed by atoms with Crippen molar-refractivity contribution in [1.29, 1.82) is 0 Å². The van der Waals surface area contributed by atoms with E-state index in [9.17, 15) is 4.79 Å². The Labute approximate surface area is 176 Å². The van der Waals surface area contributed by atoms with Crippen molar-refractivity contribution in [2.24, 2.45) is 0 Å². The first-order valence-corrected chi connectivity index (χ1v) is 10.3. The summed E-state index contributed by atoms with van der Waals surface area (Å²) in [6.45, 7) is 8.74. The van der Waals surface area contributed by atoms with Gasteiger partial charge in [0.25, 0.3) is 0 Å². The molecule has 2 atom stereocenters. The Morgan fingerprint density at radius 3 is 2.72 bits per heavy atom. The normalized spacial score (nSPS) is 21.7. The molecule has 0 aliphatic carbocycles. The van der Waals surface area contributed by atoms with Crippen LogP contribution in [-0.4, -0.2) is 52.7 Å². The van der Waals surface area contributed by atoms with Gasteiger partial charge in [0.15, 0.2) is 0 Å². The van der Waals surface area contributed by atoms with Crippen LogP contribution in [0.1, 0.15) is 30.9 Å². The third-order valence-electron chi connectivity index (χ3n) is 5.23. The van der Waals surface area contributed by atoms with E-state index >= 15 is 0 Å². The highest BCUT2D eigenvalue weighted by molar-refractivity contribution is 6.30. The summed E-state index contributed by atoms with van der Waals surface area (Å²) < 4.78 is 5.88. The number of hydrogen-bond acceptors (Lipinski definition) is 5. The molecule has 29 heavy (non-hydrogen) atoms. The summed E-state index contributed by atoms with van der Waals surface area (Å²) in [7, 11) is 0. The number of carbonyl (C=O) groups is 1. The molecule has 2 amide bonds. The van der Waals surface area contributed by atoms with Crippen molar-refractivity contribution < 1.29 is 9.53 Å². The highest BCUT2D eigenvalue weighted by Gasteiger charge is 2.30. The molecule has 8 heteroatoms. The molecule has 154 valence electrons. The zero-order valence-electron chi connectivity index (χ0n) is 17.0. The van der Waals surface area contributed by atoms with Crippen LogP contribution in [0, 0.1) is 6.92 Å². The largest absolute Gasteiger partial charge is 0.372 e. The number of nitrogens with one attached hydrogen (secondary N) is 1. The van der Waals surface area contributed by atoms with E-state index in [1.807, 2.05) is 19.1 Å². The molecular formula is C21H26ClN5O2. The lowest BCUT2D eigenvalue weighted by Gasteiger charge is -2.38. The Hall–Kier alpha value is -2.38. The van der Waals surface area contributed by atoms with E-state index in [1.54, 1.807) is 17.0 Å². The number of anilines is 2. The van der Waals surface area contributed by atoms with Crippen molar-refractivity contribution in [3.05, 3.63) is 46.4 Å². The quantitative estimate of drug-likeness (QED) is 0.810. The monoisotopic (exact) mass is 415 g/mol. The van der Waals surface area contributed by atoms with Gasteiger partial charge in [0, 0.05) is 42.3 Å². The van der Waals surface area contributed by atoms with E-state index in [0.717, 1.165) is 36.0 Å². The lowest BCUT2D eigenvalue weighted by Crippen LogP contribution is -2.47. The third-order valence-corrected chi connectivity index (χ3v) is 5.47. The third kappa shape index (κ3) is 4.46. The van der Waals surface area contributed by atoms with Gasteiger partial charge in [-0.25, -0.2) is 14.8 Å². The predicted molar refractivity (Wildman–Crippen MR) is 114 cm³/mol. The smallest absolute Gasteiger partial charge is 0.322 e. The zero-order valence-corrected chi connectivity index (χ0v) is 17.7. The van der Waals surface area contributed by atoms with Crippen LogP contribution in [0.4, 0.5) is 16.3 Å². The van der Waals surface area contributed by atoms with E-state index in [1.165, 1.54) is 0 Å². The number of amides is 2. The van der Waals surface area contributed by atoms with Gasteiger partial charge in [-0.1, -0.05) is 17.7 Å². The highest BCUT2D eigenvalue weighted by atomic mass is 35.5. The Kier molecular flexibility index (Phi) is 5.61. The molecule has 4 rings (SSSR count). The van der Waals surface area contributed by atoms with Crippen molar-refractivity contribution in [2.45, 2.75) is 45.9 Å². The van der Waals surface area contributed by atoms with Crippen LogP contribution in [0.3, 0.4) is 0 Å². The summed E-state index contributed by atoms with van der Waals surface area (Å²) in [5.41, 5.74) is 2.75. The molecule has 0 spiro atoms. The van der Waals surface area contributed by atoms with Gasteiger partial charge in [0.1, 0.15) is 11.6 Å². The summed E-state index contributed by atoms with van der Waals surface area (Å²) >= 11 is 6.03. The summed E-state index contributed by atoms with van der Waals surface area (Å²) in [5, 5.41) is 3.53. The fourth-order valence-corrected chi connectivity index (χ4v) is 4.26. The van der Waals surface area contributed by atoms with Crippen molar-refractivity contribution in [2.75, 3.05) is 29.9 Å². The van der Waals surface area contributed by atoms with Gasteiger partial charge in [-0.05, 0) is 39.0 Å². The molecule has 1 saturated heterocycles. The van der Waals surface area contributed by atoms with Crippen LogP contribution in [0.5, 0.6) is 0 Å². The maximum atomic E-state index is 12.8. The van der Waals surface area contributed by atoms with Crippen molar-refractivity contribution in [1.82, 2.24) is 14.9 Å². The van der Waals surface area contributed by atoms with Crippen LogP contribution < -0.4 is 10.2 Å². The number of urea groups is 1. The molecule has 1 aromatic carbocycles. The Morgan fingerprint density at radius 1 is 1.24 bits per heavy atom. The van der Waals surface area contributed by atoms with Gasteiger partial charge in [-0.15, -0.1) is 0 Å². The number of carbonyl (C=O) groups excluding carboxylic acids is 1. The molecular weight excluding hydrogens is 390 g/mol. The molecule has 0 bridgehead atoms. The number of benzene rings is 1. The maximum absolute atomic E-state index is 12.8. The lowest BCUT2D eigenvalue weighted by molar-refractivity contribution is -0.00557. The number of nitrogens with zero attached hydrogens (tertiary/aromatic N) is 4. The molecule has 0 radical (unpaired) electrons. The first-order chi connectivity index (χ1) is 13.9. The molecule has 0 saturated carbocycles. The first kappa shape index (κ1) is 19.9. The molecule has 2 aliphatic rings. The van der Waals surface area contributed by atoms with Gasteiger partial charge < -0.3 is 19.9 Å². The van der Waals surface area contributed by atoms with Gasteiger partial charge in [0.05, 0.1) is 24.4 Å². The number of fused-ring (bicyclic) bond motifs is 1. The minimum absolute atomic E-state index is 0.135. The van der Waals surface area contributed by atoms with E-state index in [0.29, 0.717) is 30.2 Å². The summed E-state index contributed by atoms with van der Waals surface area (Å²) in [5.74, 6) is 1.69. The molecule has 7 nitrogen and oxygen atoms in total. The second-order valence-corrected chi connectivity index (χ2v) is 8.23. The number of morpholine rings is 1. The van der Waals surface area contributed by atoms with Gasteiger partial charge in [0.2, 0.25) is 0 Å². The van der Waals surface area contributed by atoms with Crippen LogP contribution in [0.25, 0.3) is 0 Å². The SMILES string of the molecule is Cc1nc2c(c(N3C[C@@H](C)O[C@H](C)C3)n1)CN(C(=O)Nc1cccc(Cl)c1)CC2. The maximum Gasteiger partial charge on any atom is 0.322 e. The van der Waals surface area contributed by atoms with Crippen molar-refractivity contribution >= 4 is 29.1 Å². The van der Waals surface area contributed by atoms with E-state index < -0.39 is 0 Å². The summed E-state index contributed by atoms with van der Waals surface area (Å²) in [6.07, 6.45) is 0.982. The summed E-state index contributed by atoms with van der Waals surface area (Å²) in [4.78, 5) is 26.3. The van der Waals surface area contributed by atoms with Crippen LogP contribution in [-0.2, 0) is 17.7 Å².